The first kappa shape index (κ1) is 16.4. The second-order valence-corrected chi connectivity index (χ2v) is 8.33. The molecule has 28 heavy (non-hydrogen) atoms. The summed E-state index contributed by atoms with van der Waals surface area (Å²) in [6.07, 6.45) is 3.89. The molecule has 2 aromatic rings. The van der Waals surface area contributed by atoms with Crippen LogP contribution in [0.1, 0.15) is 40.4 Å². The van der Waals surface area contributed by atoms with E-state index in [2.05, 4.69) is 27.1 Å². The van der Waals surface area contributed by atoms with Crippen LogP contribution in [-0.4, -0.2) is 59.4 Å². The van der Waals surface area contributed by atoms with Gasteiger partial charge in [0, 0.05) is 18.5 Å². The summed E-state index contributed by atoms with van der Waals surface area (Å²) >= 11 is 0. The molecular formula is C21H23N3O4. The Morgan fingerprint density at radius 2 is 1.96 bits per heavy atom. The largest absolute Gasteiger partial charge is 0.454 e. The third-order valence-corrected chi connectivity index (χ3v) is 7.06. The van der Waals surface area contributed by atoms with Gasteiger partial charge in [0.25, 0.3) is 5.91 Å². The number of hydrogen-bond donors (Lipinski definition) is 0. The van der Waals surface area contributed by atoms with E-state index in [-0.39, 0.29) is 24.7 Å². The van der Waals surface area contributed by atoms with Gasteiger partial charge in [-0.15, -0.1) is 0 Å². The lowest BCUT2D eigenvalue weighted by molar-refractivity contribution is -0.00346. The van der Waals surface area contributed by atoms with Crippen LogP contribution < -0.4 is 9.47 Å². The minimum Gasteiger partial charge on any atom is -0.454 e. The molecule has 7 nitrogen and oxygen atoms in total. The summed E-state index contributed by atoms with van der Waals surface area (Å²) in [6, 6.07) is 6.85. The Kier molecular flexibility index (Phi) is 3.50. The van der Waals surface area contributed by atoms with Gasteiger partial charge in [0.15, 0.2) is 11.5 Å². The molecule has 1 aromatic carbocycles. The van der Waals surface area contributed by atoms with E-state index in [1.807, 2.05) is 6.07 Å². The van der Waals surface area contributed by atoms with Gasteiger partial charge >= 0.3 is 0 Å². The third kappa shape index (κ3) is 2.25. The average molecular weight is 381 g/mol. The quantitative estimate of drug-likeness (QED) is 0.796. The second kappa shape index (κ2) is 5.98. The number of rotatable bonds is 2. The Bertz CT molecular complexity index is 933. The van der Waals surface area contributed by atoms with Gasteiger partial charge in [-0.3, -0.25) is 9.69 Å². The van der Waals surface area contributed by atoms with E-state index in [4.69, 9.17) is 14.0 Å². The van der Waals surface area contributed by atoms with Gasteiger partial charge in [-0.1, -0.05) is 11.2 Å². The molecule has 0 unspecified atom stereocenters. The predicted octanol–water partition coefficient (Wildman–Crippen LogP) is 2.41. The lowest BCUT2D eigenvalue weighted by atomic mass is 9.75. The molecule has 7 rings (SSSR count). The predicted molar refractivity (Wildman–Crippen MR) is 99.5 cm³/mol. The molecule has 1 amide bonds. The van der Waals surface area contributed by atoms with Crippen LogP contribution in [0.5, 0.6) is 11.5 Å². The monoisotopic (exact) mass is 381 g/mol. The number of ether oxygens (including phenoxy) is 2. The molecule has 7 heteroatoms. The summed E-state index contributed by atoms with van der Waals surface area (Å²) in [7, 11) is 0. The summed E-state index contributed by atoms with van der Waals surface area (Å²) in [5.41, 5.74) is 1.81. The fraction of sp³-hybridized carbons (Fsp3) is 0.524. The van der Waals surface area contributed by atoms with E-state index in [9.17, 15) is 4.79 Å². The molecule has 0 aliphatic carbocycles. The van der Waals surface area contributed by atoms with Gasteiger partial charge < -0.3 is 18.9 Å². The molecule has 0 spiro atoms. The summed E-state index contributed by atoms with van der Waals surface area (Å²) in [4.78, 5) is 18.1. The van der Waals surface area contributed by atoms with Crippen molar-refractivity contribution in [1.29, 1.82) is 0 Å². The molecule has 146 valence electrons. The molecule has 1 aromatic heterocycles. The standard InChI is InChI=1S/C21H23N3O4/c1-12-15(9-22-28-12)21(25)24-10-16(14-2-3-17-18(8-14)27-11-26-17)20-19(24)13-4-6-23(20)7-5-13/h2-3,8-9,13,16,19-20H,4-7,10-11H2,1H3/t16-,19-,20-/m1/s1. The van der Waals surface area contributed by atoms with E-state index in [1.54, 1.807) is 13.1 Å². The van der Waals surface area contributed by atoms with Crippen molar-refractivity contribution in [2.45, 2.75) is 37.8 Å². The van der Waals surface area contributed by atoms with E-state index >= 15 is 0 Å². The molecule has 4 fully saturated rings. The van der Waals surface area contributed by atoms with Gasteiger partial charge in [-0.05, 0) is 56.5 Å². The number of aryl methyl sites for hydroxylation is 1. The van der Waals surface area contributed by atoms with Gasteiger partial charge in [-0.2, -0.15) is 0 Å². The fourth-order valence-corrected chi connectivity index (χ4v) is 5.75. The molecule has 5 aliphatic heterocycles. The number of fused-ring (bicyclic) bond motifs is 3. The minimum atomic E-state index is 0.0470. The number of nitrogens with zero attached hydrogens (tertiary/aromatic N) is 3. The average Bonchev–Trinajstić information content (AvgIpc) is 3.46. The van der Waals surface area contributed by atoms with Crippen molar-refractivity contribution in [3.05, 3.63) is 41.3 Å². The molecule has 5 aliphatic rings. The Balaban J connectivity index is 1.39. The number of amides is 1. The highest BCUT2D eigenvalue weighted by atomic mass is 16.7. The maximum atomic E-state index is 13.4. The van der Waals surface area contributed by atoms with E-state index in [0.717, 1.165) is 24.6 Å². The zero-order valence-electron chi connectivity index (χ0n) is 15.8. The number of likely N-dealkylation sites (tertiary alicyclic amines) is 1. The first-order valence-electron chi connectivity index (χ1n) is 10.1. The highest BCUT2D eigenvalue weighted by Gasteiger charge is 2.55. The van der Waals surface area contributed by atoms with Crippen molar-refractivity contribution < 1.29 is 18.8 Å². The molecule has 0 saturated carbocycles. The number of carbonyl (C=O) groups excluding carboxylic acids is 1. The molecule has 6 heterocycles. The van der Waals surface area contributed by atoms with Gasteiger partial charge in [-0.25, -0.2) is 0 Å². The molecular weight excluding hydrogens is 358 g/mol. The number of aromatic nitrogens is 1. The summed E-state index contributed by atoms with van der Waals surface area (Å²) in [5, 5.41) is 3.82. The van der Waals surface area contributed by atoms with Gasteiger partial charge in [0.05, 0.1) is 12.2 Å². The van der Waals surface area contributed by atoms with Crippen LogP contribution >= 0.6 is 0 Å². The van der Waals surface area contributed by atoms with Crippen LogP contribution in [0, 0.1) is 12.8 Å². The van der Waals surface area contributed by atoms with E-state index in [1.165, 1.54) is 18.4 Å². The van der Waals surface area contributed by atoms with Crippen molar-refractivity contribution in [3.8, 4) is 11.5 Å². The van der Waals surface area contributed by atoms with Crippen molar-refractivity contribution in [3.63, 3.8) is 0 Å². The topological polar surface area (TPSA) is 68.0 Å². The molecule has 0 N–H and O–H groups in total. The van der Waals surface area contributed by atoms with Crippen LogP contribution in [0.15, 0.2) is 28.9 Å². The Labute approximate surface area is 163 Å². The van der Waals surface area contributed by atoms with Crippen molar-refractivity contribution in [1.82, 2.24) is 15.0 Å². The Hall–Kier alpha value is -2.54. The lowest BCUT2D eigenvalue weighted by Gasteiger charge is -2.51. The van der Waals surface area contributed by atoms with E-state index < -0.39 is 0 Å². The normalized spacial score (nSPS) is 32.6. The summed E-state index contributed by atoms with van der Waals surface area (Å²) in [6.45, 7) is 5.05. The Morgan fingerprint density at radius 3 is 2.75 bits per heavy atom. The fourth-order valence-electron chi connectivity index (χ4n) is 5.75. The Morgan fingerprint density at radius 1 is 1.14 bits per heavy atom. The number of benzene rings is 1. The van der Waals surface area contributed by atoms with Gasteiger partial charge in [0.1, 0.15) is 11.3 Å². The molecule has 2 bridgehead atoms. The minimum absolute atomic E-state index is 0.0470. The van der Waals surface area contributed by atoms with Crippen LogP contribution in [0.3, 0.4) is 0 Å². The van der Waals surface area contributed by atoms with E-state index in [0.29, 0.717) is 29.8 Å². The first-order valence-corrected chi connectivity index (χ1v) is 10.1. The number of carbonyl (C=O) groups is 1. The highest BCUT2D eigenvalue weighted by Crippen LogP contribution is 2.48. The van der Waals surface area contributed by atoms with Crippen molar-refractivity contribution >= 4 is 5.91 Å². The van der Waals surface area contributed by atoms with Crippen LogP contribution in [-0.2, 0) is 0 Å². The van der Waals surface area contributed by atoms with Crippen molar-refractivity contribution in [2.75, 3.05) is 26.4 Å². The summed E-state index contributed by atoms with van der Waals surface area (Å²) in [5.74, 6) is 3.09. The first-order chi connectivity index (χ1) is 13.7. The molecule has 4 saturated heterocycles. The number of piperidine rings is 3. The molecule has 3 atom stereocenters. The third-order valence-electron chi connectivity index (χ3n) is 7.06. The highest BCUT2D eigenvalue weighted by molar-refractivity contribution is 5.95. The van der Waals surface area contributed by atoms with Crippen LogP contribution in [0.25, 0.3) is 0 Å². The smallest absolute Gasteiger partial charge is 0.259 e. The zero-order valence-corrected chi connectivity index (χ0v) is 15.8. The zero-order chi connectivity index (χ0) is 18.8. The maximum Gasteiger partial charge on any atom is 0.259 e. The van der Waals surface area contributed by atoms with Crippen LogP contribution in [0.2, 0.25) is 0 Å². The van der Waals surface area contributed by atoms with Crippen molar-refractivity contribution in [2.24, 2.45) is 5.92 Å². The van der Waals surface area contributed by atoms with Crippen LogP contribution in [0.4, 0.5) is 0 Å². The second-order valence-electron chi connectivity index (χ2n) is 8.33. The summed E-state index contributed by atoms with van der Waals surface area (Å²) < 4.78 is 16.3. The molecule has 0 radical (unpaired) electrons. The SMILES string of the molecule is Cc1oncc1C(=O)N1C[C@H](c2ccc3c(c2)OCO3)[C@@H]2[C@H]1C1CCN2CC1. The lowest BCUT2D eigenvalue weighted by Crippen LogP contribution is -2.60. The maximum absolute atomic E-state index is 13.4. The number of hydrogen-bond acceptors (Lipinski definition) is 6. The van der Waals surface area contributed by atoms with Gasteiger partial charge in [0.2, 0.25) is 6.79 Å².